The molecule has 1 rings (SSSR count). The Morgan fingerprint density at radius 3 is 2.56 bits per heavy atom. The molecule has 0 spiro atoms. The summed E-state index contributed by atoms with van der Waals surface area (Å²) in [5, 5.41) is 3.47. The van der Waals surface area contributed by atoms with E-state index in [1.165, 1.54) is 0 Å². The highest BCUT2D eigenvalue weighted by Gasteiger charge is 2.15. The maximum atomic E-state index is 6.39. The van der Waals surface area contributed by atoms with Crippen molar-refractivity contribution in [3.63, 3.8) is 0 Å². The molecule has 0 aliphatic carbocycles. The van der Waals surface area contributed by atoms with Gasteiger partial charge in [0.05, 0.1) is 5.38 Å². The molecule has 1 N–H and O–H groups in total. The van der Waals surface area contributed by atoms with E-state index < -0.39 is 0 Å². The summed E-state index contributed by atoms with van der Waals surface area (Å²) in [4.78, 5) is 8.46. The summed E-state index contributed by atoms with van der Waals surface area (Å²) in [6.45, 7) is 7.29. The number of halogens is 1. The first-order chi connectivity index (χ1) is 8.71. The van der Waals surface area contributed by atoms with Gasteiger partial charge in [-0.15, -0.1) is 11.6 Å². The summed E-state index contributed by atoms with van der Waals surface area (Å²) in [5.74, 6) is 1.45. The molecule has 1 aromatic rings. The highest BCUT2D eigenvalue weighted by Crippen LogP contribution is 2.19. The predicted octanol–water partition coefficient (Wildman–Crippen LogP) is 3.88. The molecule has 0 saturated heterocycles. The fourth-order valence-corrected chi connectivity index (χ4v) is 2.49. The lowest BCUT2D eigenvalue weighted by Crippen LogP contribution is -2.23. The Morgan fingerprint density at radius 2 is 1.94 bits per heavy atom. The molecule has 0 bridgehead atoms. The van der Waals surface area contributed by atoms with E-state index in [4.69, 9.17) is 11.6 Å². The molecule has 1 atom stereocenters. The first kappa shape index (κ1) is 15.2. The number of hydrogen-bond donors (Lipinski definition) is 1. The van der Waals surface area contributed by atoms with E-state index in [1.807, 2.05) is 6.07 Å². The molecule has 1 unspecified atom stereocenters. The van der Waals surface area contributed by atoms with Crippen LogP contribution in [0.25, 0.3) is 0 Å². The first-order valence-electron chi connectivity index (χ1n) is 6.90. The summed E-state index contributed by atoms with van der Waals surface area (Å²) in [6.07, 6.45) is 5.96. The number of hydrogen-bond acceptors (Lipinski definition) is 3. The zero-order chi connectivity index (χ0) is 13.4. The molecule has 0 radical (unpaired) electrons. The number of aryl methyl sites for hydroxylation is 1. The van der Waals surface area contributed by atoms with Gasteiger partial charge in [-0.25, -0.2) is 9.97 Å². The summed E-state index contributed by atoms with van der Waals surface area (Å²) in [6, 6.07) is 2.01. The van der Waals surface area contributed by atoms with Gasteiger partial charge in [0.1, 0.15) is 12.1 Å². The fraction of sp³-hybridized carbons (Fsp3) is 0.714. The Hall–Kier alpha value is -0.830. The molecule has 0 amide bonds. The Bertz CT molecular complexity index is 340. The largest absolute Gasteiger partial charge is 0.368 e. The van der Waals surface area contributed by atoms with Gasteiger partial charge in [0.15, 0.2) is 0 Å². The van der Waals surface area contributed by atoms with Crippen LogP contribution in [0.3, 0.4) is 0 Å². The zero-order valence-electron chi connectivity index (χ0n) is 11.6. The first-order valence-corrected chi connectivity index (χ1v) is 7.33. The lowest BCUT2D eigenvalue weighted by molar-refractivity contribution is 0.475. The third-order valence-electron chi connectivity index (χ3n) is 3.27. The van der Waals surface area contributed by atoms with Crippen LogP contribution >= 0.6 is 11.6 Å². The van der Waals surface area contributed by atoms with Gasteiger partial charge in [0, 0.05) is 18.3 Å². The highest BCUT2D eigenvalue weighted by molar-refractivity contribution is 6.21. The van der Waals surface area contributed by atoms with Gasteiger partial charge < -0.3 is 5.32 Å². The second kappa shape index (κ2) is 8.30. The van der Waals surface area contributed by atoms with Gasteiger partial charge >= 0.3 is 0 Å². The molecule has 18 heavy (non-hydrogen) atoms. The van der Waals surface area contributed by atoms with Crippen LogP contribution in [0.2, 0.25) is 0 Å². The molecule has 0 saturated carbocycles. The Kier molecular flexibility index (Phi) is 7.02. The third kappa shape index (κ3) is 4.81. The topological polar surface area (TPSA) is 37.8 Å². The Balaban J connectivity index is 2.49. The van der Waals surface area contributed by atoms with E-state index in [0.29, 0.717) is 5.92 Å². The van der Waals surface area contributed by atoms with Crippen molar-refractivity contribution >= 4 is 17.4 Å². The van der Waals surface area contributed by atoms with Crippen molar-refractivity contribution in [3.05, 3.63) is 18.1 Å². The number of anilines is 1. The van der Waals surface area contributed by atoms with E-state index in [1.54, 1.807) is 6.33 Å². The molecule has 102 valence electrons. The minimum absolute atomic E-state index is 0.157. The van der Waals surface area contributed by atoms with Crippen LogP contribution in [0, 0.1) is 5.92 Å². The molecule has 0 aliphatic heterocycles. The Morgan fingerprint density at radius 1 is 1.22 bits per heavy atom. The van der Waals surface area contributed by atoms with Crippen molar-refractivity contribution in [2.75, 3.05) is 11.9 Å². The van der Waals surface area contributed by atoms with Crippen LogP contribution in [0.15, 0.2) is 12.4 Å². The quantitative estimate of drug-likeness (QED) is 0.728. The van der Waals surface area contributed by atoms with E-state index in [9.17, 15) is 0 Å². The SMILES string of the molecule is CCCc1cc(NCC(Cl)C(CC)CC)ncn1. The second-order valence-electron chi connectivity index (χ2n) is 4.62. The highest BCUT2D eigenvalue weighted by atomic mass is 35.5. The number of nitrogens with one attached hydrogen (secondary N) is 1. The maximum absolute atomic E-state index is 6.39. The smallest absolute Gasteiger partial charge is 0.129 e. The van der Waals surface area contributed by atoms with Crippen LogP contribution < -0.4 is 5.32 Å². The molecular weight excluding hydrogens is 246 g/mol. The van der Waals surface area contributed by atoms with E-state index in [-0.39, 0.29) is 5.38 Å². The average Bonchev–Trinajstić information content (AvgIpc) is 2.39. The van der Waals surface area contributed by atoms with E-state index >= 15 is 0 Å². The van der Waals surface area contributed by atoms with Crippen LogP contribution in [0.4, 0.5) is 5.82 Å². The van der Waals surface area contributed by atoms with Crippen molar-refractivity contribution in [1.29, 1.82) is 0 Å². The maximum Gasteiger partial charge on any atom is 0.129 e. The van der Waals surface area contributed by atoms with Gasteiger partial charge in [-0.3, -0.25) is 0 Å². The monoisotopic (exact) mass is 269 g/mol. The standard InChI is InChI=1S/C14H24ClN3/c1-4-7-12-8-14(18-10-17-12)16-9-13(15)11(5-2)6-3/h8,10-11,13H,4-7,9H2,1-3H3,(H,16,17,18). The van der Waals surface area contributed by atoms with E-state index in [0.717, 1.165) is 43.7 Å². The number of rotatable bonds is 8. The van der Waals surface area contributed by atoms with Gasteiger partial charge in [-0.1, -0.05) is 40.0 Å². The summed E-state index contributed by atoms with van der Waals surface area (Å²) < 4.78 is 0. The zero-order valence-corrected chi connectivity index (χ0v) is 12.4. The van der Waals surface area contributed by atoms with Gasteiger partial charge in [0.2, 0.25) is 0 Å². The molecule has 4 heteroatoms. The number of alkyl halides is 1. The van der Waals surface area contributed by atoms with Crippen LogP contribution in [0.1, 0.15) is 45.7 Å². The van der Waals surface area contributed by atoms with Crippen LogP contribution in [-0.4, -0.2) is 21.9 Å². The van der Waals surface area contributed by atoms with Crippen molar-refractivity contribution in [2.45, 2.75) is 51.8 Å². The summed E-state index contributed by atoms with van der Waals surface area (Å²) >= 11 is 6.39. The average molecular weight is 270 g/mol. The van der Waals surface area contributed by atoms with Crippen molar-refractivity contribution < 1.29 is 0 Å². The predicted molar refractivity (Wildman–Crippen MR) is 78.2 cm³/mol. The summed E-state index contributed by atoms with van der Waals surface area (Å²) in [7, 11) is 0. The van der Waals surface area contributed by atoms with Crippen LogP contribution in [-0.2, 0) is 6.42 Å². The fourth-order valence-electron chi connectivity index (χ4n) is 2.06. The van der Waals surface area contributed by atoms with Gasteiger partial charge in [0.25, 0.3) is 0 Å². The minimum Gasteiger partial charge on any atom is -0.368 e. The second-order valence-corrected chi connectivity index (χ2v) is 5.18. The van der Waals surface area contributed by atoms with Crippen molar-refractivity contribution in [2.24, 2.45) is 5.92 Å². The third-order valence-corrected chi connectivity index (χ3v) is 3.78. The lowest BCUT2D eigenvalue weighted by atomic mass is 9.99. The van der Waals surface area contributed by atoms with Crippen molar-refractivity contribution in [3.8, 4) is 0 Å². The minimum atomic E-state index is 0.157. The molecular formula is C14H24ClN3. The Labute approximate surface area is 115 Å². The molecule has 0 aromatic carbocycles. The number of aromatic nitrogens is 2. The molecule has 1 heterocycles. The van der Waals surface area contributed by atoms with Gasteiger partial charge in [-0.05, 0) is 12.3 Å². The summed E-state index contributed by atoms with van der Waals surface area (Å²) in [5.41, 5.74) is 1.09. The molecule has 0 aliphatic rings. The lowest BCUT2D eigenvalue weighted by Gasteiger charge is -2.19. The van der Waals surface area contributed by atoms with Crippen LogP contribution in [0.5, 0.6) is 0 Å². The number of nitrogens with zero attached hydrogens (tertiary/aromatic N) is 2. The molecule has 1 aromatic heterocycles. The molecule has 3 nitrogen and oxygen atoms in total. The van der Waals surface area contributed by atoms with Gasteiger partial charge in [-0.2, -0.15) is 0 Å². The molecule has 0 fully saturated rings. The van der Waals surface area contributed by atoms with Crippen molar-refractivity contribution in [1.82, 2.24) is 9.97 Å². The normalized spacial score (nSPS) is 12.7. The van der Waals surface area contributed by atoms with E-state index in [2.05, 4.69) is 36.1 Å².